The molecule has 0 atom stereocenters. The molecule has 0 spiro atoms. The van der Waals surface area contributed by atoms with Crippen molar-refractivity contribution < 1.29 is 9.47 Å². The van der Waals surface area contributed by atoms with E-state index in [9.17, 15) is 4.79 Å². The number of fused-ring (bicyclic) bond motifs is 1. The van der Waals surface area contributed by atoms with Gasteiger partial charge in [-0.05, 0) is 25.0 Å². The summed E-state index contributed by atoms with van der Waals surface area (Å²) in [5.74, 6) is 1.91. The zero-order valence-electron chi connectivity index (χ0n) is 19.2. The number of ether oxygens (including phenoxy) is 2. The molecule has 1 aromatic carbocycles. The van der Waals surface area contributed by atoms with Gasteiger partial charge < -0.3 is 14.5 Å². The Labute approximate surface area is 191 Å². The van der Waals surface area contributed by atoms with E-state index in [1.165, 1.54) is 6.33 Å². The number of aryl methyl sites for hydroxylation is 1. The fraction of sp³-hybridized carbons (Fsp3) is 0.435. The number of methoxy groups -OCH3 is 1. The number of benzene rings is 1. The van der Waals surface area contributed by atoms with Gasteiger partial charge in [-0.15, -0.1) is 0 Å². The van der Waals surface area contributed by atoms with Gasteiger partial charge in [-0.3, -0.25) is 9.48 Å². The number of para-hydroxylation sites is 1. The summed E-state index contributed by atoms with van der Waals surface area (Å²) in [6.45, 7) is 6.24. The molecule has 0 radical (unpaired) electrons. The second-order valence-electron chi connectivity index (χ2n) is 7.70. The van der Waals surface area contributed by atoms with Crippen LogP contribution >= 0.6 is 0 Å². The molecule has 4 rings (SSSR count). The van der Waals surface area contributed by atoms with E-state index in [2.05, 4.69) is 34.0 Å². The van der Waals surface area contributed by atoms with Crippen LogP contribution in [-0.2, 0) is 24.2 Å². The van der Waals surface area contributed by atoms with Gasteiger partial charge in [-0.1, -0.05) is 32.4 Å². The molecular formula is C23H29N7O3. The Morgan fingerprint density at radius 1 is 1.06 bits per heavy atom. The smallest absolute Gasteiger partial charge is 0.279 e. The van der Waals surface area contributed by atoms with E-state index < -0.39 is 0 Å². The van der Waals surface area contributed by atoms with E-state index >= 15 is 0 Å². The van der Waals surface area contributed by atoms with Crippen molar-refractivity contribution in [1.29, 1.82) is 0 Å². The van der Waals surface area contributed by atoms with Crippen molar-refractivity contribution in [1.82, 2.24) is 34.5 Å². The van der Waals surface area contributed by atoms with E-state index in [-0.39, 0.29) is 5.56 Å². The molecule has 3 aromatic heterocycles. The first-order valence-electron chi connectivity index (χ1n) is 11.2. The lowest BCUT2D eigenvalue weighted by Gasteiger charge is -2.10. The summed E-state index contributed by atoms with van der Waals surface area (Å²) in [6.07, 6.45) is 4.02. The van der Waals surface area contributed by atoms with Crippen molar-refractivity contribution >= 4 is 11.0 Å². The number of aromatic nitrogens is 7. The van der Waals surface area contributed by atoms with Crippen molar-refractivity contribution in [3.05, 3.63) is 52.5 Å². The lowest BCUT2D eigenvalue weighted by atomic mass is 10.1. The second kappa shape index (κ2) is 10.4. The van der Waals surface area contributed by atoms with Crippen molar-refractivity contribution in [2.45, 2.75) is 46.2 Å². The van der Waals surface area contributed by atoms with E-state index in [1.807, 2.05) is 28.9 Å². The average molecular weight is 452 g/mol. The summed E-state index contributed by atoms with van der Waals surface area (Å²) in [7, 11) is 1.65. The number of H-pyrrole nitrogens is 1. The maximum Gasteiger partial charge on any atom is 0.279 e. The molecule has 1 N–H and O–H groups in total. The molecule has 0 fully saturated rings. The van der Waals surface area contributed by atoms with Crippen LogP contribution in [0.3, 0.4) is 0 Å². The molecule has 33 heavy (non-hydrogen) atoms. The number of aromatic amines is 1. The minimum atomic E-state index is -0.280. The molecule has 0 saturated carbocycles. The first-order chi connectivity index (χ1) is 16.2. The highest BCUT2D eigenvalue weighted by molar-refractivity contribution is 5.79. The van der Waals surface area contributed by atoms with E-state index in [1.54, 1.807) is 11.8 Å². The molecule has 174 valence electrons. The third-order valence-corrected chi connectivity index (χ3v) is 5.29. The van der Waals surface area contributed by atoms with Gasteiger partial charge in [-0.25, -0.2) is 14.6 Å². The maximum atomic E-state index is 13.0. The summed E-state index contributed by atoms with van der Waals surface area (Å²) in [5.41, 5.74) is 2.28. The van der Waals surface area contributed by atoms with Gasteiger partial charge in [0.15, 0.2) is 5.52 Å². The van der Waals surface area contributed by atoms with E-state index in [4.69, 9.17) is 14.5 Å². The van der Waals surface area contributed by atoms with Gasteiger partial charge >= 0.3 is 0 Å². The van der Waals surface area contributed by atoms with Crippen LogP contribution in [0.2, 0.25) is 0 Å². The van der Waals surface area contributed by atoms with Crippen molar-refractivity contribution in [2.75, 3.05) is 20.3 Å². The fourth-order valence-electron chi connectivity index (χ4n) is 3.72. The van der Waals surface area contributed by atoms with E-state index in [0.29, 0.717) is 48.9 Å². The molecule has 10 nitrogen and oxygen atoms in total. The first kappa shape index (κ1) is 22.7. The van der Waals surface area contributed by atoms with Gasteiger partial charge in [0.1, 0.15) is 35.8 Å². The molecule has 0 aliphatic carbocycles. The minimum Gasteiger partial charge on any atom is -0.493 e. The highest BCUT2D eigenvalue weighted by Gasteiger charge is 2.19. The SMILES string of the molecule is CCCOc1ccccc1-c1nc2c(CCC)n(Cc3ncnn3CCOC)nc2c(=O)[nH]1. The predicted octanol–water partition coefficient (Wildman–Crippen LogP) is 2.81. The van der Waals surface area contributed by atoms with Gasteiger partial charge in [-0.2, -0.15) is 10.2 Å². The zero-order chi connectivity index (χ0) is 23.2. The Kier molecular flexibility index (Phi) is 7.13. The number of nitrogens with one attached hydrogen (secondary N) is 1. The highest BCUT2D eigenvalue weighted by Crippen LogP contribution is 2.28. The highest BCUT2D eigenvalue weighted by atomic mass is 16.5. The summed E-state index contributed by atoms with van der Waals surface area (Å²) in [4.78, 5) is 25.1. The van der Waals surface area contributed by atoms with E-state index in [0.717, 1.165) is 36.3 Å². The monoisotopic (exact) mass is 451 g/mol. The quantitative estimate of drug-likeness (QED) is 0.373. The Bertz CT molecular complexity index is 1270. The molecule has 3 heterocycles. The third kappa shape index (κ3) is 4.80. The Hall–Kier alpha value is -3.53. The maximum absolute atomic E-state index is 13.0. The molecule has 0 saturated heterocycles. The molecular weight excluding hydrogens is 422 g/mol. The third-order valence-electron chi connectivity index (χ3n) is 5.29. The topological polar surface area (TPSA) is 113 Å². The van der Waals surface area contributed by atoms with Crippen LogP contribution in [0.4, 0.5) is 0 Å². The second-order valence-corrected chi connectivity index (χ2v) is 7.70. The number of rotatable bonds is 11. The van der Waals surface area contributed by atoms with Crippen LogP contribution in [0.15, 0.2) is 35.4 Å². The Balaban J connectivity index is 1.78. The van der Waals surface area contributed by atoms with Gasteiger partial charge in [0.05, 0.1) is 31.0 Å². The molecule has 0 aliphatic heterocycles. The van der Waals surface area contributed by atoms with Crippen LogP contribution in [0.25, 0.3) is 22.4 Å². The molecule has 10 heteroatoms. The summed E-state index contributed by atoms with van der Waals surface area (Å²) in [6, 6.07) is 7.60. The van der Waals surface area contributed by atoms with Crippen LogP contribution in [0.1, 0.15) is 38.2 Å². The molecule has 0 aliphatic rings. The molecule has 0 unspecified atom stereocenters. The lowest BCUT2D eigenvalue weighted by Crippen LogP contribution is -2.15. The first-order valence-corrected chi connectivity index (χ1v) is 11.2. The van der Waals surface area contributed by atoms with Crippen LogP contribution in [-0.4, -0.2) is 54.8 Å². The van der Waals surface area contributed by atoms with Crippen LogP contribution in [0.5, 0.6) is 5.75 Å². The van der Waals surface area contributed by atoms with Crippen molar-refractivity contribution in [3.63, 3.8) is 0 Å². The lowest BCUT2D eigenvalue weighted by molar-refractivity contribution is 0.182. The fourth-order valence-corrected chi connectivity index (χ4v) is 3.72. The van der Waals surface area contributed by atoms with Gasteiger partial charge in [0.25, 0.3) is 5.56 Å². The average Bonchev–Trinajstić information content (AvgIpc) is 3.41. The number of nitrogens with zero attached hydrogens (tertiary/aromatic N) is 6. The van der Waals surface area contributed by atoms with Crippen LogP contribution in [0, 0.1) is 0 Å². The summed E-state index contributed by atoms with van der Waals surface area (Å²) < 4.78 is 14.6. The minimum absolute atomic E-state index is 0.280. The largest absolute Gasteiger partial charge is 0.493 e. The van der Waals surface area contributed by atoms with Crippen molar-refractivity contribution in [2.24, 2.45) is 0 Å². The van der Waals surface area contributed by atoms with Gasteiger partial charge in [0.2, 0.25) is 0 Å². The number of hydrogen-bond acceptors (Lipinski definition) is 7. The molecule has 4 aromatic rings. The van der Waals surface area contributed by atoms with Gasteiger partial charge in [0, 0.05) is 7.11 Å². The molecule has 0 amide bonds. The summed E-state index contributed by atoms with van der Waals surface area (Å²) >= 11 is 0. The predicted molar refractivity (Wildman–Crippen MR) is 124 cm³/mol. The Morgan fingerprint density at radius 3 is 2.70 bits per heavy atom. The normalized spacial score (nSPS) is 11.4. The van der Waals surface area contributed by atoms with Crippen molar-refractivity contribution in [3.8, 4) is 17.1 Å². The van der Waals surface area contributed by atoms with Crippen LogP contribution < -0.4 is 10.3 Å². The molecule has 0 bridgehead atoms. The number of hydrogen-bond donors (Lipinski definition) is 1. The Morgan fingerprint density at radius 2 is 1.91 bits per heavy atom. The summed E-state index contributed by atoms with van der Waals surface area (Å²) in [5, 5.41) is 8.87. The standard InChI is InChI=1S/C23H29N7O3/c1-4-8-17-20-21(28-30(17)14-19-24-15-25-29(19)11-13-32-3)23(31)27-22(26-20)16-9-6-7-10-18(16)33-12-5-2/h6-7,9-10,15H,4-5,8,11-14H2,1-3H3,(H,26,27,31). The zero-order valence-corrected chi connectivity index (χ0v) is 19.2.